The van der Waals surface area contributed by atoms with E-state index in [4.69, 9.17) is 4.98 Å². The average molecular weight is 871 g/mol. The molecule has 0 unspecified atom stereocenters. The number of fused-ring (bicyclic) bond motifs is 16. The van der Waals surface area contributed by atoms with Gasteiger partial charge in [0.1, 0.15) is 5.65 Å². The van der Waals surface area contributed by atoms with Crippen LogP contribution < -0.4 is 0 Å². The largest absolute Gasteiger partial charge is 0.309 e. The molecule has 0 amide bonds. The van der Waals surface area contributed by atoms with Gasteiger partial charge in [0.05, 0.1) is 44.8 Å². The molecule has 0 N–H and O–H groups in total. The molecule has 0 aliphatic carbocycles. The lowest BCUT2D eigenvalue weighted by Gasteiger charge is -2.22. The predicted octanol–water partition coefficient (Wildman–Crippen LogP) is 17.3. The maximum Gasteiger partial charge on any atom is 0.146 e. The molecule has 6 aromatic heterocycles. The van der Waals surface area contributed by atoms with Crippen molar-refractivity contribution in [2.45, 2.75) is 105 Å². The van der Waals surface area contributed by atoms with E-state index in [-0.39, 0.29) is 21.7 Å². The van der Waals surface area contributed by atoms with Crippen molar-refractivity contribution in [3.05, 3.63) is 156 Å². The summed E-state index contributed by atoms with van der Waals surface area (Å²) in [6.07, 6.45) is 2.18. The molecule has 6 heterocycles. The number of benzene rings is 7. The summed E-state index contributed by atoms with van der Waals surface area (Å²) in [6.45, 7) is 28.1. The summed E-state index contributed by atoms with van der Waals surface area (Å²) in [4.78, 5) is 5.64. The van der Waals surface area contributed by atoms with Crippen molar-refractivity contribution >= 4 is 98.1 Å². The van der Waals surface area contributed by atoms with E-state index in [1.807, 2.05) is 0 Å². The highest BCUT2D eigenvalue weighted by Crippen LogP contribution is 2.51. The zero-order valence-corrected chi connectivity index (χ0v) is 41.0. The van der Waals surface area contributed by atoms with Gasteiger partial charge in [-0.3, -0.25) is 4.40 Å². The van der Waals surface area contributed by atoms with Gasteiger partial charge >= 0.3 is 0 Å². The van der Waals surface area contributed by atoms with Crippen LogP contribution in [0.1, 0.15) is 105 Å². The predicted molar refractivity (Wildman–Crippen MR) is 288 cm³/mol. The second-order valence-corrected chi connectivity index (χ2v) is 23.8. The smallest absolute Gasteiger partial charge is 0.146 e. The van der Waals surface area contributed by atoms with E-state index in [0.29, 0.717) is 0 Å². The van der Waals surface area contributed by atoms with Crippen molar-refractivity contribution in [1.82, 2.24) is 18.4 Å². The minimum Gasteiger partial charge on any atom is -0.309 e. The fourth-order valence-corrected chi connectivity index (χ4v) is 11.6. The standard InChI is InChI=1S/C63H58N4/c1-60(2,3)36-23-25-52-44(27-36)45-29-38(62(7,8)9)32-48-54-53(66(52)57(45)48)34-64-59-55(54)49-33-39(63(10,11)12)31-47-46-30-37(61(4,5)6)28-42(56(46)67(59)58(47)49)35-22-24-51-43(26-35)41-20-16-17-21-50(41)65(51)40-18-14-13-15-19-40/h13-34H,1-12H3. The van der Waals surface area contributed by atoms with Crippen LogP contribution in [0.3, 0.4) is 0 Å². The summed E-state index contributed by atoms with van der Waals surface area (Å²) >= 11 is 0. The lowest BCUT2D eigenvalue weighted by Crippen LogP contribution is -2.11. The van der Waals surface area contributed by atoms with Crippen molar-refractivity contribution < 1.29 is 0 Å². The maximum atomic E-state index is 5.64. The summed E-state index contributed by atoms with van der Waals surface area (Å²) in [6, 6.07) is 48.9. The highest BCUT2D eigenvalue weighted by Gasteiger charge is 2.31. The minimum absolute atomic E-state index is 0.0382. The Hall–Kier alpha value is -6.91. The molecule has 330 valence electrons. The third-order valence-corrected chi connectivity index (χ3v) is 15.3. The first-order chi connectivity index (χ1) is 31.8. The molecule has 0 atom stereocenters. The van der Waals surface area contributed by atoms with Gasteiger partial charge in [-0.05, 0) is 128 Å². The Labute approximate surface area is 392 Å². The van der Waals surface area contributed by atoms with E-state index >= 15 is 0 Å². The Bertz CT molecular complexity index is 4220. The van der Waals surface area contributed by atoms with E-state index in [1.165, 1.54) is 132 Å². The number of hydrogen-bond acceptors (Lipinski definition) is 1. The molecular formula is C63H58N4. The van der Waals surface area contributed by atoms with E-state index < -0.39 is 0 Å². The van der Waals surface area contributed by atoms with Crippen LogP contribution in [0.5, 0.6) is 0 Å². The summed E-state index contributed by atoms with van der Waals surface area (Å²) in [5, 5.41) is 12.9. The molecular weight excluding hydrogens is 813 g/mol. The normalized spacial score (nSPS) is 13.7. The second kappa shape index (κ2) is 12.9. The Morgan fingerprint density at radius 1 is 0.358 bits per heavy atom. The van der Waals surface area contributed by atoms with E-state index in [1.54, 1.807) is 0 Å². The Morgan fingerprint density at radius 3 is 1.54 bits per heavy atom. The summed E-state index contributed by atoms with van der Waals surface area (Å²) in [5.41, 5.74) is 18.4. The molecule has 0 fully saturated rings. The van der Waals surface area contributed by atoms with Crippen LogP contribution in [-0.2, 0) is 21.7 Å². The molecule has 13 aromatic rings. The van der Waals surface area contributed by atoms with Crippen LogP contribution >= 0.6 is 0 Å². The van der Waals surface area contributed by atoms with Crippen LogP contribution in [0, 0.1) is 0 Å². The fraction of sp³-hybridized carbons (Fsp3) is 0.254. The van der Waals surface area contributed by atoms with E-state index in [9.17, 15) is 0 Å². The molecule has 4 nitrogen and oxygen atoms in total. The summed E-state index contributed by atoms with van der Waals surface area (Å²) in [7, 11) is 0. The van der Waals surface area contributed by atoms with Gasteiger partial charge in [-0.15, -0.1) is 0 Å². The fourth-order valence-electron chi connectivity index (χ4n) is 11.6. The molecule has 0 spiro atoms. The van der Waals surface area contributed by atoms with Gasteiger partial charge in [0.15, 0.2) is 0 Å². The SMILES string of the molecule is CC(C)(C)c1ccc2c(c1)c1cc(C(C)(C)C)cc3c4c5c6cc(C(C)(C)C)cc7c8cc(C(C)(C)C)cc(-c9ccc%10c(c9)c9ccccc9n%10-c9ccccc9)c8n(c5ncc4n2c13)c76. The van der Waals surface area contributed by atoms with E-state index in [2.05, 4.69) is 230 Å². The number of para-hydroxylation sites is 2. The van der Waals surface area contributed by atoms with Crippen molar-refractivity contribution in [3.8, 4) is 16.8 Å². The van der Waals surface area contributed by atoms with Crippen LogP contribution in [-0.4, -0.2) is 18.4 Å². The molecule has 67 heavy (non-hydrogen) atoms. The maximum absolute atomic E-state index is 5.64. The molecule has 0 saturated carbocycles. The molecule has 0 aliphatic heterocycles. The number of pyridine rings is 1. The lowest BCUT2D eigenvalue weighted by atomic mass is 9.82. The first-order valence-corrected chi connectivity index (χ1v) is 24.2. The second-order valence-electron chi connectivity index (χ2n) is 23.8. The monoisotopic (exact) mass is 870 g/mol. The van der Waals surface area contributed by atoms with E-state index in [0.717, 1.165) is 5.65 Å². The molecule has 0 bridgehead atoms. The van der Waals surface area contributed by atoms with Crippen LogP contribution in [0.2, 0.25) is 0 Å². The quantitative estimate of drug-likeness (QED) is 0.170. The van der Waals surface area contributed by atoms with Gasteiger partial charge in [0.25, 0.3) is 0 Å². The first kappa shape index (κ1) is 40.4. The van der Waals surface area contributed by atoms with Crippen LogP contribution in [0.25, 0.3) is 115 Å². The number of rotatable bonds is 2. The molecule has 0 aliphatic rings. The zero-order chi connectivity index (χ0) is 46.4. The van der Waals surface area contributed by atoms with Crippen LogP contribution in [0.15, 0.2) is 134 Å². The Kier molecular flexibility index (Phi) is 7.80. The molecule has 0 radical (unpaired) electrons. The van der Waals surface area contributed by atoms with Crippen molar-refractivity contribution in [1.29, 1.82) is 0 Å². The lowest BCUT2D eigenvalue weighted by molar-refractivity contribution is 0.590. The van der Waals surface area contributed by atoms with Gasteiger partial charge in [0.2, 0.25) is 0 Å². The zero-order valence-electron chi connectivity index (χ0n) is 41.0. The highest BCUT2D eigenvalue weighted by atomic mass is 15.0. The van der Waals surface area contributed by atoms with Crippen molar-refractivity contribution in [2.24, 2.45) is 0 Å². The minimum atomic E-state index is -0.0820. The number of hydrogen-bond donors (Lipinski definition) is 0. The third-order valence-electron chi connectivity index (χ3n) is 15.3. The Balaban J connectivity index is 1.21. The van der Waals surface area contributed by atoms with Crippen LogP contribution in [0.4, 0.5) is 0 Å². The van der Waals surface area contributed by atoms with Crippen molar-refractivity contribution in [3.63, 3.8) is 0 Å². The number of nitrogens with zero attached hydrogens (tertiary/aromatic N) is 4. The van der Waals surface area contributed by atoms with Gasteiger partial charge in [-0.25, -0.2) is 4.98 Å². The third kappa shape index (κ3) is 5.50. The first-order valence-electron chi connectivity index (χ1n) is 24.2. The summed E-state index contributed by atoms with van der Waals surface area (Å²) < 4.78 is 7.49. The van der Waals surface area contributed by atoms with Crippen molar-refractivity contribution in [2.75, 3.05) is 0 Å². The molecule has 0 saturated heterocycles. The summed E-state index contributed by atoms with van der Waals surface area (Å²) in [5.74, 6) is 0. The van der Waals surface area contributed by atoms with Gasteiger partial charge in [-0.2, -0.15) is 0 Å². The number of aromatic nitrogens is 4. The molecule has 4 heteroatoms. The average Bonchev–Trinajstić information content (AvgIpc) is 4.07. The van der Waals surface area contributed by atoms with Gasteiger partial charge < -0.3 is 8.97 Å². The van der Waals surface area contributed by atoms with Gasteiger partial charge in [0, 0.05) is 65.1 Å². The molecule has 7 aromatic carbocycles. The highest BCUT2D eigenvalue weighted by molar-refractivity contribution is 6.35. The molecule has 13 rings (SSSR count). The van der Waals surface area contributed by atoms with Gasteiger partial charge in [-0.1, -0.05) is 132 Å². The topological polar surface area (TPSA) is 26.6 Å². The Morgan fingerprint density at radius 2 is 0.866 bits per heavy atom.